The van der Waals surface area contributed by atoms with E-state index in [2.05, 4.69) is 39.8 Å². The molecule has 100 valence electrons. The molecule has 4 nitrogen and oxygen atoms in total. The second-order valence-corrected chi connectivity index (χ2v) is 5.67. The highest BCUT2D eigenvalue weighted by atomic mass is 127. The minimum atomic E-state index is 0.665. The molecule has 0 spiro atoms. The fourth-order valence-corrected chi connectivity index (χ4v) is 2.78. The summed E-state index contributed by atoms with van der Waals surface area (Å²) in [4.78, 5) is 9.35. The maximum absolute atomic E-state index is 5.08. The average Bonchev–Trinajstić information content (AvgIpc) is 3.17. The molecule has 18 heavy (non-hydrogen) atoms. The number of nitrogens with zero attached hydrogens (tertiary/aromatic N) is 2. The van der Waals surface area contributed by atoms with Crippen molar-refractivity contribution in [3.05, 3.63) is 15.1 Å². The van der Waals surface area contributed by atoms with Crippen molar-refractivity contribution in [3.8, 4) is 0 Å². The topological polar surface area (TPSA) is 47.0 Å². The molecule has 2 rings (SSSR count). The van der Waals surface area contributed by atoms with Gasteiger partial charge in [-0.25, -0.2) is 9.97 Å². The van der Waals surface area contributed by atoms with Crippen LogP contribution >= 0.6 is 22.6 Å². The summed E-state index contributed by atoms with van der Waals surface area (Å²) in [7, 11) is 1.73. The Balaban J connectivity index is 2.18. The molecule has 1 aromatic heterocycles. The third-order valence-electron chi connectivity index (χ3n) is 2.98. The zero-order chi connectivity index (χ0) is 13.0. The largest absolute Gasteiger partial charge is 0.385 e. The van der Waals surface area contributed by atoms with E-state index in [0.717, 1.165) is 37.6 Å². The fraction of sp³-hybridized carbons (Fsp3) is 0.692. The van der Waals surface area contributed by atoms with E-state index in [1.807, 2.05) is 0 Å². The third kappa shape index (κ3) is 3.54. The van der Waals surface area contributed by atoms with Gasteiger partial charge >= 0.3 is 0 Å². The molecule has 0 radical (unpaired) electrons. The van der Waals surface area contributed by atoms with E-state index in [4.69, 9.17) is 9.72 Å². The Morgan fingerprint density at radius 2 is 2.17 bits per heavy atom. The van der Waals surface area contributed by atoms with E-state index < -0.39 is 0 Å². The molecule has 1 aliphatic carbocycles. The standard InChI is InChI=1S/C13H20IN3O/c1-3-15-13-11(14)12(9-6-7-9)16-10(17-13)5-4-8-18-2/h9H,3-8H2,1-2H3,(H,15,16,17). The summed E-state index contributed by atoms with van der Waals surface area (Å²) < 4.78 is 6.28. The van der Waals surface area contributed by atoms with Gasteiger partial charge in [-0.3, -0.25) is 0 Å². The van der Waals surface area contributed by atoms with Gasteiger partial charge < -0.3 is 10.1 Å². The Labute approximate surface area is 122 Å². The number of hydrogen-bond donors (Lipinski definition) is 1. The van der Waals surface area contributed by atoms with E-state index in [0.29, 0.717) is 5.92 Å². The second kappa shape index (κ2) is 6.65. The highest BCUT2D eigenvalue weighted by Crippen LogP contribution is 2.42. The van der Waals surface area contributed by atoms with Gasteiger partial charge in [-0.1, -0.05) is 0 Å². The molecule has 0 aromatic carbocycles. The zero-order valence-electron chi connectivity index (χ0n) is 11.0. The number of aromatic nitrogens is 2. The molecule has 1 aliphatic rings. The summed E-state index contributed by atoms with van der Waals surface area (Å²) >= 11 is 2.37. The van der Waals surface area contributed by atoms with Crippen molar-refractivity contribution >= 4 is 28.4 Å². The molecule has 5 heteroatoms. The van der Waals surface area contributed by atoms with Crippen LogP contribution in [0.15, 0.2) is 0 Å². The van der Waals surface area contributed by atoms with Gasteiger partial charge in [0.2, 0.25) is 0 Å². The molecule has 1 N–H and O–H groups in total. The zero-order valence-corrected chi connectivity index (χ0v) is 13.2. The molecule has 1 saturated carbocycles. The number of ether oxygens (including phenoxy) is 1. The Hall–Kier alpha value is -0.430. The Morgan fingerprint density at radius 1 is 1.39 bits per heavy atom. The van der Waals surface area contributed by atoms with Crippen molar-refractivity contribution in [2.24, 2.45) is 0 Å². The van der Waals surface area contributed by atoms with E-state index >= 15 is 0 Å². The van der Waals surface area contributed by atoms with Crippen LogP contribution in [-0.2, 0) is 11.2 Å². The molecule has 1 heterocycles. The van der Waals surface area contributed by atoms with Crippen molar-refractivity contribution in [1.29, 1.82) is 0 Å². The van der Waals surface area contributed by atoms with Crippen molar-refractivity contribution in [1.82, 2.24) is 9.97 Å². The Morgan fingerprint density at radius 3 is 2.78 bits per heavy atom. The van der Waals surface area contributed by atoms with Gasteiger partial charge in [0.1, 0.15) is 11.6 Å². The minimum absolute atomic E-state index is 0.665. The number of hydrogen-bond acceptors (Lipinski definition) is 4. The lowest BCUT2D eigenvalue weighted by molar-refractivity contribution is 0.194. The quantitative estimate of drug-likeness (QED) is 0.599. The smallest absolute Gasteiger partial charge is 0.143 e. The van der Waals surface area contributed by atoms with E-state index in [1.54, 1.807) is 7.11 Å². The van der Waals surface area contributed by atoms with Crippen molar-refractivity contribution in [3.63, 3.8) is 0 Å². The second-order valence-electron chi connectivity index (χ2n) is 4.59. The number of aryl methyl sites for hydroxylation is 1. The molecular weight excluding hydrogens is 341 g/mol. The Kier molecular flexibility index (Phi) is 5.17. The van der Waals surface area contributed by atoms with E-state index in [9.17, 15) is 0 Å². The number of halogens is 1. The van der Waals surface area contributed by atoms with E-state index in [1.165, 1.54) is 22.1 Å². The number of rotatable bonds is 7. The van der Waals surface area contributed by atoms with Gasteiger partial charge in [-0.05, 0) is 48.8 Å². The molecule has 0 aliphatic heterocycles. The Bertz CT molecular complexity index is 407. The van der Waals surface area contributed by atoms with Crippen LogP contribution < -0.4 is 5.32 Å². The molecule has 1 fully saturated rings. The van der Waals surface area contributed by atoms with Crippen LogP contribution in [0.5, 0.6) is 0 Å². The summed E-state index contributed by atoms with van der Waals surface area (Å²) in [6.45, 7) is 3.76. The number of methoxy groups -OCH3 is 1. The number of nitrogens with one attached hydrogen (secondary N) is 1. The molecular formula is C13H20IN3O. The normalized spacial score (nSPS) is 14.8. The molecule has 0 amide bonds. The molecule has 0 bridgehead atoms. The lowest BCUT2D eigenvalue weighted by Crippen LogP contribution is -2.10. The van der Waals surface area contributed by atoms with Crippen molar-refractivity contribution in [2.45, 2.75) is 38.5 Å². The van der Waals surface area contributed by atoms with Crippen LogP contribution in [0.2, 0.25) is 0 Å². The van der Waals surface area contributed by atoms with Crippen LogP contribution in [0.3, 0.4) is 0 Å². The van der Waals surface area contributed by atoms with Crippen LogP contribution in [0.1, 0.15) is 43.6 Å². The summed E-state index contributed by atoms with van der Waals surface area (Å²) in [5, 5.41) is 3.34. The fourth-order valence-electron chi connectivity index (χ4n) is 1.91. The molecule has 0 atom stereocenters. The molecule has 0 saturated heterocycles. The summed E-state index contributed by atoms with van der Waals surface area (Å²) in [6, 6.07) is 0. The highest BCUT2D eigenvalue weighted by Gasteiger charge is 2.29. The third-order valence-corrected chi connectivity index (χ3v) is 4.04. The van der Waals surface area contributed by atoms with Gasteiger partial charge in [0, 0.05) is 32.6 Å². The van der Waals surface area contributed by atoms with Gasteiger partial charge in [0.15, 0.2) is 0 Å². The summed E-state index contributed by atoms with van der Waals surface area (Å²) in [6.07, 6.45) is 4.42. The maximum Gasteiger partial charge on any atom is 0.143 e. The first kappa shape index (κ1) is 14.0. The summed E-state index contributed by atoms with van der Waals surface area (Å²) in [5.74, 6) is 2.62. The first-order valence-corrected chi connectivity index (χ1v) is 7.63. The van der Waals surface area contributed by atoms with Crippen molar-refractivity contribution in [2.75, 3.05) is 25.6 Å². The molecule has 0 unspecified atom stereocenters. The van der Waals surface area contributed by atoms with Gasteiger partial charge in [-0.2, -0.15) is 0 Å². The monoisotopic (exact) mass is 361 g/mol. The van der Waals surface area contributed by atoms with Crippen LogP contribution in [0.25, 0.3) is 0 Å². The minimum Gasteiger partial charge on any atom is -0.385 e. The van der Waals surface area contributed by atoms with Gasteiger partial charge in [0.05, 0.1) is 9.26 Å². The average molecular weight is 361 g/mol. The van der Waals surface area contributed by atoms with Crippen LogP contribution in [0, 0.1) is 3.57 Å². The number of anilines is 1. The van der Waals surface area contributed by atoms with E-state index in [-0.39, 0.29) is 0 Å². The predicted molar refractivity (Wildman–Crippen MR) is 81.1 cm³/mol. The highest BCUT2D eigenvalue weighted by molar-refractivity contribution is 14.1. The maximum atomic E-state index is 5.08. The summed E-state index contributed by atoms with van der Waals surface area (Å²) in [5.41, 5.74) is 1.24. The van der Waals surface area contributed by atoms with Gasteiger partial charge in [0.25, 0.3) is 0 Å². The lowest BCUT2D eigenvalue weighted by atomic mass is 10.2. The van der Waals surface area contributed by atoms with Crippen LogP contribution in [-0.4, -0.2) is 30.2 Å². The van der Waals surface area contributed by atoms with Crippen molar-refractivity contribution < 1.29 is 4.74 Å². The molecule has 1 aromatic rings. The first-order valence-electron chi connectivity index (χ1n) is 6.55. The van der Waals surface area contributed by atoms with Crippen LogP contribution in [0.4, 0.5) is 5.82 Å². The predicted octanol–water partition coefficient (Wildman–Crippen LogP) is 2.97. The van der Waals surface area contributed by atoms with Gasteiger partial charge in [-0.15, -0.1) is 0 Å². The SMILES string of the molecule is CCNc1nc(CCCOC)nc(C2CC2)c1I. The first-order chi connectivity index (χ1) is 8.76. The lowest BCUT2D eigenvalue weighted by Gasteiger charge is -2.11.